The molecule has 3 aliphatic rings. The molecule has 1 saturated carbocycles. The standard InChI is InChI=1S/C33H33F3N6O4/c1-4-31(43)41-11-8-19(9-12-41)46-29-15-22(27(38-2)16-28(29)44-3)32(37)40-26-6-5-20(13-25(26)34)45-21-7-10-39-30(14-21)42-17-23-24(18-42)33(23,35)36/h4-7,10,13-16,19,23-24H,1-2,8-9,11-12,17-18H2,3H3,(H2,37,40). The summed E-state index contributed by atoms with van der Waals surface area (Å²) in [5, 5.41) is 0. The molecule has 0 spiro atoms. The van der Waals surface area contributed by atoms with Crippen molar-refractivity contribution in [3.8, 4) is 23.0 Å². The number of amides is 1. The molecule has 2 N–H and O–H groups in total. The molecule has 1 aliphatic carbocycles. The number of likely N-dealkylation sites (tertiary alicyclic amines) is 1. The summed E-state index contributed by atoms with van der Waals surface area (Å²) in [4.78, 5) is 28.1. The molecule has 0 bridgehead atoms. The van der Waals surface area contributed by atoms with Gasteiger partial charge in [0.05, 0.1) is 24.6 Å². The molecule has 3 aromatic rings. The van der Waals surface area contributed by atoms with Crippen molar-refractivity contribution in [2.75, 3.05) is 38.2 Å². The molecule has 46 heavy (non-hydrogen) atoms. The molecule has 2 aromatic carbocycles. The van der Waals surface area contributed by atoms with Crippen molar-refractivity contribution in [2.45, 2.75) is 24.9 Å². The number of fused-ring (bicyclic) bond motifs is 1. The fraction of sp³-hybridized carbons (Fsp3) is 0.333. The smallest absolute Gasteiger partial charge is 0.258 e. The predicted octanol–water partition coefficient (Wildman–Crippen LogP) is 5.65. The maximum atomic E-state index is 15.2. The number of ether oxygens (including phenoxy) is 3. The summed E-state index contributed by atoms with van der Waals surface area (Å²) in [5.41, 5.74) is 7.05. The van der Waals surface area contributed by atoms with E-state index in [1.54, 1.807) is 40.1 Å². The maximum absolute atomic E-state index is 15.2. The number of aromatic nitrogens is 1. The molecule has 3 fully saturated rings. The Balaban J connectivity index is 1.16. The molecule has 2 saturated heterocycles. The Kier molecular flexibility index (Phi) is 8.32. The van der Waals surface area contributed by atoms with E-state index in [0.29, 0.717) is 60.2 Å². The Morgan fingerprint density at radius 3 is 2.43 bits per heavy atom. The third-order valence-electron chi connectivity index (χ3n) is 8.59. The maximum Gasteiger partial charge on any atom is 0.258 e. The van der Waals surface area contributed by atoms with Crippen molar-refractivity contribution < 1.29 is 32.2 Å². The van der Waals surface area contributed by atoms with Gasteiger partial charge in [-0.25, -0.2) is 23.1 Å². The number of hydrogen-bond acceptors (Lipinski definition) is 8. The second-order valence-electron chi connectivity index (χ2n) is 11.4. The first-order valence-corrected chi connectivity index (χ1v) is 14.8. The van der Waals surface area contributed by atoms with Gasteiger partial charge < -0.3 is 29.7 Å². The van der Waals surface area contributed by atoms with Crippen LogP contribution in [0.3, 0.4) is 0 Å². The van der Waals surface area contributed by atoms with Gasteiger partial charge in [-0.1, -0.05) is 6.58 Å². The first-order valence-electron chi connectivity index (χ1n) is 14.8. The number of alkyl halides is 2. The lowest BCUT2D eigenvalue weighted by Gasteiger charge is -2.32. The van der Waals surface area contributed by atoms with Gasteiger partial charge in [-0.2, -0.15) is 0 Å². The summed E-state index contributed by atoms with van der Waals surface area (Å²) < 4.78 is 60.0. The van der Waals surface area contributed by atoms with E-state index in [0.717, 1.165) is 0 Å². The molecule has 1 aromatic heterocycles. The third-order valence-corrected chi connectivity index (χ3v) is 8.59. The molecule has 2 atom stereocenters. The number of piperidine rings is 2. The molecule has 0 radical (unpaired) electrons. The van der Waals surface area contributed by atoms with Crippen LogP contribution < -0.4 is 24.8 Å². The number of methoxy groups -OCH3 is 1. The number of halogens is 3. The molecule has 1 amide bonds. The van der Waals surface area contributed by atoms with Crippen LogP contribution in [0, 0.1) is 17.7 Å². The number of carbonyl (C=O) groups excluding carboxylic acids is 1. The zero-order chi connectivity index (χ0) is 32.6. The highest BCUT2D eigenvalue weighted by Crippen LogP contribution is 2.59. The van der Waals surface area contributed by atoms with Crippen LogP contribution in [0.1, 0.15) is 18.4 Å². The number of benzene rings is 2. The second kappa shape index (κ2) is 12.4. The SMILES string of the molecule is C=CC(=O)N1CCC(Oc2cc(C(N)=Nc3ccc(Oc4ccnc(N5CC6C(C5)C6(F)F)c4)cc3F)c(N=C)cc2OC)CC1. The zero-order valence-electron chi connectivity index (χ0n) is 25.2. The summed E-state index contributed by atoms with van der Waals surface area (Å²) in [7, 11) is 1.50. The average molecular weight is 635 g/mol. The van der Waals surface area contributed by atoms with Crippen LogP contribution in [0.2, 0.25) is 0 Å². The highest BCUT2D eigenvalue weighted by molar-refractivity contribution is 6.04. The number of pyridine rings is 1. The number of amidine groups is 1. The van der Waals surface area contributed by atoms with Crippen LogP contribution in [0.5, 0.6) is 23.0 Å². The van der Waals surface area contributed by atoms with Crippen LogP contribution in [0.25, 0.3) is 0 Å². The number of hydrogen-bond donors (Lipinski definition) is 1. The summed E-state index contributed by atoms with van der Waals surface area (Å²) >= 11 is 0. The van der Waals surface area contributed by atoms with Crippen molar-refractivity contribution >= 4 is 35.7 Å². The molecule has 2 unspecified atom stereocenters. The predicted molar refractivity (Wildman–Crippen MR) is 168 cm³/mol. The van der Waals surface area contributed by atoms with E-state index in [1.807, 2.05) is 0 Å². The number of nitrogens with zero attached hydrogens (tertiary/aromatic N) is 5. The van der Waals surface area contributed by atoms with Crippen molar-refractivity contribution in [1.29, 1.82) is 0 Å². The minimum Gasteiger partial charge on any atom is -0.493 e. The summed E-state index contributed by atoms with van der Waals surface area (Å²) in [5.74, 6) is -2.76. The van der Waals surface area contributed by atoms with E-state index >= 15 is 4.39 Å². The van der Waals surface area contributed by atoms with Gasteiger partial charge in [-0.15, -0.1) is 0 Å². The topological polar surface area (TPSA) is 115 Å². The number of aliphatic imine (C=N–C) groups is 2. The summed E-state index contributed by atoms with van der Waals surface area (Å²) in [6.07, 6.45) is 3.87. The van der Waals surface area contributed by atoms with E-state index in [1.165, 1.54) is 31.5 Å². The Hall–Kier alpha value is -5.07. The molecule has 3 heterocycles. The molecule has 6 rings (SSSR count). The second-order valence-corrected chi connectivity index (χ2v) is 11.4. The van der Waals surface area contributed by atoms with E-state index in [4.69, 9.17) is 19.9 Å². The average Bonchev–Trinajstić information content (AvgIpc) is 3.35. The first kappa shape index (κ1) is 30.9. The lowest BCUT2D eigenvalue weighted by atomic mass is 10.1. The van der Waals surface area contributed by atoms with Gasteiger partial charge in [0.25, 0.3) is 5.92 Å². The number of carbonyl (C=O) groups is 1. The number of nitrogens with two attached hydrogens (primary N) is 1. The minimum absolute atomic E-state index is 0.0260. The molecule has 10 nitrogen and oxygen atoms in total. The Bertz CT molecular complexity index is 1690. The van der Waals surface area contributed by atoms with E-state index in [2.05, 4.69) is 28.3 Å². The lowest BCUT2D eigenvalue weighted by molar-refractivity contribution is -0.127. The minimum atomic E-state index is -2.59. The van der Waals surface area contributed by atoms with Crippen molar-refractivity contribution in [3.63, 3.8) is 0 Å². The van der Waals surface area contributed by atoms with Gasteiger partial charge >= 0.3 is 0 Å². The van der Waals surface area contributed by atoms with Gasteiger partial charge in [-0.05, 0) is 37.1 Å². The Morgan fingerprint density at radius 1 is 1.07 bits per heavy atom. The largest absolute Gasteiger partial charge is 0.493 e. The number of anilines is 1. The van der Waals surface area contributed by atoms with E-state index in [9.17, 15) is 13.6 Å². The summed E-state index contributed by atoms with van der Waals surface area (Å²) in [6.45, 7) is 8.68. The van der Waals surface area contributed by atoms with Gasteiger partial charge in [0.15, 0.2) is 17.3 Å². The monoisotopic (exact) mass is 634 g/mol. The lowest BCUT2D eigenvalue weighted by Crippen LogP contribution is -2.41. The van der Waals surface area contributed by atoms with Crippen molar-refractivity contribution in [1.82, 2.24) is 9.88 Å². The molecular weight excluding hydrogens is 601 g/mol. The Labute approximate surface area is 264 Å². The fourth-order valence-electron chi connectivity index (χ4n) is 5.94. The third kappa shape index (κ3) is 6.09. The molecule has 13 heteroatoms. The van der Waals surface area contributed by atoms with Gasteiger partial charge in [0.1, 0.15) is 34.9 Å². The molecule has 2 aliphatic heterocycles. The van der Waals surface area contributed by atoms with E-state index in [-0.39, 0.29) is 42.4 Å². The molecule has 240 valence electrons. The normalized spacial score (nSPS) is 20.6. The zero-order valence-corrected chi connectivity index (χ0v) is 25.2. The quantitative estimate of drug-likeness (QED) is 0.174. The van der Waals surface area contributed by atoms with Crippen molar-refractivity contribution in [2.24, 2.45) is 27.6 Å². The van der Waals surface area contributed by atoms with Crippen LogP contribution in [0.4, 0.5) is 30.4 Å². The first-order chi connectivity index (χ1) is 22.1. The van der Waals surface area contributed by atoms with Crippen LogP contribution in [-0.4, -0.2) is 73.7 Å². The van der Waals surface area contributed by atoms with Gasteiger partial charge in [0, 0.05) is 69.0 Å². The summed E-state index contributed by atoms with van der Waals surface area (Å²) in [6, 6.07) is 10.6. The Morgan fingerprint density at radius 2 is 1.78 bits per heavy atom. The van der Waals surface area contributed by atoms with Crippen molar-refractivity contribution in [3.05, 3.63) is 72.7 Å². The molecular formula is C33H33F3N6O4. The highest BCUT2D eigenvalue weighted by Gasteiger charge is 2.71. The van der Waals surface area contributed by atoms with Crippen LogP contribution >= 0.6 is 0 Å². The van der Waals surface area contributed by atoms with Crippen LogP contribution in [0.15, 0.2) is 71.3 Å². The van der Waals surface area contributed by atoms with Crippen LogP contribution in [-0.2, 0) is 4.79 Å². The van der Waals surface area contributed by atoms with Gasteiger partial charge in [-0.3, -0.25) is 9.79 Å². The highest BCUT2D eigenvalue weighted by atomic mass is 19.3. The van der Waals surface area contributed by atoms with Gasteiger partial charge in [0.2, 0.25) is 5.91 Å². The van der Waals surface area contributed by atoms with E-state index < -0.39 is 23.6 Å². The number of rotatable bonds is 10. The fourth-order valence-corrected chi connectivity index (χ4v) is 5.94.